The minimum Gasteiger partial charge on any atom is -0.368 e. The molecule has 1 atom stereocenters. The highest BCUT2D eigenvalue weighted by Crippen LogP contribution is 2.22. The van der Waals surface area contributed by atoms with Crippen molar-refractivity contribution in [2.75, 3.05) is 19.7 Å². The maximum atomic E-state index is 12.8. The van der Waals surface area contributed by atoms with E-state index in [2.05, 4.69) is 19.9 Å². The molecule has 0 aliphatic carbocycles. The molecular weight excluding hydrogens is 322 g/mol. The van der Waals surface area contributed by atoms with Crippen molar-refractivity contribution in [3.63, 3.8) is 0 Å². The number of hydrogen-bond acceptors (Lipinski definition) is 5. The zero-order valence-corrected chi connectivity index (χ0v) is 13.7. The maximum absolute atomic E-state index is 12.8. The predicted molar refractivity (Wildman–Crippen MR) is 90.3 cm³/mol. The van der Waals surface area contributed by atoms with Crippen LogP contribution in [-0.4, -0.2) is 50.4 Å². The molecular formula is C17H17N5O3. The molecule has 0 saturated carbocycles. The van der Waals surface area contributed by atoms with Crippen LogP contribution in [0.2, 0.25) is 0 Å². The second-order valence-corrected chi connectivity index (χ2v) is 6.00. The van der Waals surface area contributed by atoms with Crippen LogP contribution in [0.25, 0.3) is 11.0 Å². The van der Waals surface area contributed by atoms with E-state index in [1.807, 2.05) is 6.07 Å². The van der Waals surface area contributed by atoms with Crippen LogP contribution >= 0.6 is 0 Å². The number of nitrogens with one attached hydrogen (secondary N) is 2. The van der Waals surface area contributed by atoms with E-state index in [1.54, 1.807) is 30.3 Å². The first-order chi connectivity index (χ1) is 12.1. The van der Waals surface area contributed by atoms with Gasteiger partial charge >= 0.3 is 0 Å². The number of H-pyrrole nitrogens is 2. The molecule has 3 aromatic rings. The number of imidazole rings is 1. The van der Waals surface area contributed by atoms with Crippen molar-refractivity contribution >= 4 is 16.9 Å². The van der Waals surface area contributed by atoms with Crippen molar-refractivity contribution in [3.8, 4) is 0 Å². The molecule has 1 aromatic carbocycles. The first-order valence-corrected chi connectivity index (χ1v) is 8.02. The highest BCUT2D eigenvalue weighted by atomic mass is 16.5. The summed E-state index contributed by atoms with van der Waals surface area (Å²) in [5.41, 5.74) is 2.55. The number of morpholine rings is 1. The molecule has 1 amide bonds. The number of aromatic nitrogens is 4. The van der Waals surface area contributed by atoms with Gasteiger partial charge in [-0.25, -0.2) is 9.97 Å². The van der Waals surface area contributed by atoms with Crippen molar-refractivity contribution < 1.29 is 9.53 Å². The largest absolute Gasteiger partial charge is 0.368 e. The Morgan fingerprint density at radius 1 is 1.36 bits per heavy atom. The van der Waals surface area contributed by atoms with Gasteiger partial charge in [-0.2, -0.15) is 0 Å². The molecule has 2 N–H and O–H groups in total. The van der Waals surface area contributed by atoms with Crippen molar-refractivity contribution in [1.29, 1.82) is 0 Å². The van der Waals surface area contributed by atoms with Gasteiger partial charge in [0.2, 0.25) is 0 Å². The first-order valence-electron chi connectivity index (χ1n) is 8.02. The van der Waals surface area contributed by atoms with E-state index in [9.17, 15) is 9.59 Å². The molecule has 3 heterocycles. The summed E-state index contributed by atoms with van der Waals surface area (Å²) in [6.45, 7) is 2.97. The van der Waals surface area contributed by atoms with Crippen molar-refractivity contribution in [1.82, 2.24) is 24.8 Å². The van der Waals surface area contributed by atoms with Gasteiger partial charge in [-0.1, -0.05) is 0 Å². The molecule has 1 aliphatic heterocycles. The Balaban J connectivity index is 1.57. The SMILES string of the molecule is Cc1nc([C@H]2CN(C(=O)c3ccc4nc[nH]c4c3)CCO2)cc(=O)[nH]1. The van der Waals surface area contributed by atoms with E-state index in [0.29, 0.717) is 36.8 Å². The molecule has 0 spiro atoms. The van der Waals surface area contributed by atoms with Crippen LogP contribution in [0.15, 0.2) is 35.4 Å². The number of rotatable bonds is 2. The van der Waals surface area contributed by atoms with Crippen LogP contribution in [-0.2, 0) is 4.74 Å². The van der Waals surface area contributed by atoms with Crippen LogP contribution in [0.3, 0.4) is 0 Å². The second-order valence-electron chi connectivity index (χ2n) is 6.00. The zero-order valence-electron chi connectivity index (χ0n) is 13.7. The van der Waals surface area contributed by atoms with Crippen LogP contribution in [0.5, 0.6) is 0 Å². The van der Waals surface area contributed by atoms with Gasteiger partial charge in [0.1, 0.15) is 11.9 Å². The quantitative estimate of drug-likeness (QED) is 0.729. The van der Waals surface area contributed by atoms with Crippen molar-refractivity contribution in [2.24, 2.45) is 0 Å². The molecule has 4 rings (SSSR count). The number of amides is 1. The lowest BCUT2D eigenvalue weighted by molar-refractivity contribution is -0.0248. The van der Waals surface area contributed by atoms with Crippen molar-refractivity contribution in [3.05, 3.63) is 58.0 Å². The normalized spacial score (nSPS) is 17.8. The average molecular weight is 339 g/mol. The molecule has 0 unspecified atom stereocenters. The smallest absolute Gasteiger partial charge is 0.254 e. The van der Waals surface area contributed by atoms with Gasteiger partial charge < -0.3 is 19.6 Å². The highest BCUT2D eigenvalue weighted by Gasteiger charge is 2.27. The topological polar surface area (TPSA) is 104 Å². The van der Waals surface area contributed by atoms with Gasteiger partial charge in [-0.05, 0) is 25.1 Å². The van der Waals surface area contributed by atoms with E-state index in [0.717, 1.165) is 11.0 Å². The number of hydrogen-bond donors (Lipinski definition) is 2. The van der Waals surface area contributed by atoms with Gasteiger partial charge in [-0.15, -0.1) is 0 Å². The molecule has 128 valence electrons. The van der Waals surface area contributed by atoms with Gasteiger partial charge in [0, 0.05) is 18.2 Å². The summed E-state index contributed by atoms with van der Waals surface area (Å²) in [4.78, 5) is 40.3. The summed E-state index contributed by atoms with van der Waals surface area (Å²) in [5, 5.41) is 0. The molecule has 0 bridgehead atoms. The third-order valence-electron chi connectivity index (χ3n) is 4.23. The summed E-state index contributed by atoms with van der Waals surface area (Å²) in [6.07, 6.45) is 1.19. The van der Waals surface area contributed by atoms with Crippen LogP contribution < -0.4 is 5.56 Å². The lowest BCUT2D eigenvalue weighted by Gasteiger charge is -2.32. The molecule has 2 aromatic heterocycles. The van der Waals surface area contributed by atoms with E-state index < -0.39 is 6.10 Å². The first kappa shape index (κ1) is 15.5. The molecule has 25 heavy (non-hydrogen) atoms. The number of fused-ring (bicyclic) bond motifs is 1. The van der Waals surface area contributed by atoms with E-state index in [4.69, 9.17) is 4.74 Å². The fraction of sp³-hybridized carbons (Fsp3) is 0.294. The minimum atomic E-state index is -0.408. The summed E-state index contributed by atoms with van der Waals surface area (Å²) in [5.74, 6) is 0.450. The number of nitrogens with zero attached hydrogens (tertiary/aromatic N) is 3. The average Bonchev–Trinajstić information content (AvgIpc) is 3.08. The van der Waals surface area contributed by atoms with E-state index >= 15 is 0 Å². The number of benzene rings is 1. The second kappa shape index (κ2) is 6.14. The Labute approximate surface area is 142 Å². The number of carbonyl (C=O) groups is 1. The highest BCUT2D eigenvalue weighted by molar-refractivity contribution is 5.97. The molecule has 1 aliphatic rings. The monoisotopic (exact) mass is 339 g/mol. The predicted octanol–water partition coefficient (Wildman–Crippen LogP) is 1.17. The zero-order chi connectivity index (χ0) is 17.4. The van der Waals surface area contributed by atoms with E-state index in [-0.39, 0.29) is 11.5 Å². The van der Waals surface area contributed by atoms with Crippen molar-refractivity contribution in [2.45, 2.75) is 13.0 Å². The Kier molecular flexibility index (Phi) is 3.81. The lowest BCUT2D eigenvalue weighted by atomic mass is 10.1. The van der Waals surface area contributed by atoms with Gasteiger partial charge in [0.15, 0.2) is 0 Å². The Bertz CT molecular complexity index is 993. The molecule has 0 radical (unpaired) electrons. The Hall–Kier alpha value is -3.00. The number of aromatic amines is 2. The van der Waals surface area contributed by atoms with E-state index in [1.165, 1.54) is 6.07 Å². The van der Waals surface area contributed by atoms with Crippen LogP contribution in [0.1, 0.15) is 28.0 Å². The summed E-state index contributed by atoms with van der Waals surface area (Å²) < 4.78 is 5.72. The Morgan fingerprint density at radius 3 is 3.08 bits per heavy atom. The summed E-state index contributed by atoms with van der Waals surface area (Å²) in [7, 11) is 0. The maximum Gasteiger partial charge on any atom is 0.254 e. The fourth-order valence-electron chi connectivity index (χ4n) is 3.03. The number of aryl methyl sites for hydroxylation is 1. The summed E-state index contributed by atoms with van der Waals surface area (Å²) >= 11 is 0. The standard InChI is InChI=1S/C17H17N5O3/c1-10-20-14(7-16(23)21-10)15-8-22(4-5-25-15)17(24)11-2-3-12-13(6-11)19-9-18-12/h2-3,6-7,9,15H,4-5,8H2,1H3,(H,18,19)(H,20,21,23)/t15-/m1/s1. The summed E-state index contributed by atoms with van der Waals surface area (Å²) in [6, 6.07) is 6.80. The lowest BCUT2D eigenvalue weighted by Crippen LogP contribution is -2.42. The Morgan fingerprint density at radius 2 is 2.24 bits per heavy atom. The number of carbonyl (C=O) groups excluding carboxylic acids is 1. The molecule has 8 heteroatoms. The molecule has 1 saturated heterocycles. The van der Waals surface area contributed by atoms with Crippen LogP contribution in [0.4, 0.5) is 0 Å². The molecule has 8 nitrogen and oxygen atoms in total. The number of ether oxygens (including phenoxy) is 1. The third kappa shape index (κ3) is 3.03. The van der Waals surface area contributed by atoms with Gasteiger partial charge in [0.05, 0.1) is 36.2 Å². The van der Waals surface area contributed by atoms with Crippen LogP contribution in [0, 0.1) is 6.92 Å². The van der Waals surface area contributed by atoms with Gasteiger partial charge in [0.25, 0.3) is 11.5 Å². The van der Waals surface area contributed by atoms with Gasteiger partial charge in [-0.3, -0.25) is 9.59 Å². The molecule has 1 fully saturated rings. The fourth-order valence-corrected chi connectivity index (χ4v) is 3.03. The third-order valence-corrected chi connectivity index (χ3v) is 4.23. The minimum absolute atomic E-state index is 0.0774.